The summed E-state index contributed by atoms with van der Waals surface area (Å²) in [6.45, 7) is 0. The molecule has 160 valence electrons. The Morgan fingerprint density at radius 3 is 2.66 bits per heavy atom. The predicted octanol–water partition coefficient (Wildman–Crippen LogP) is 5.29. The van der Waals surface area contributed by atoms with E-state index in [1.54, 1.807) is 41.8 Å². The third kappa shape index (κ3) is 3.26. The molecule has 2 aromatic carbocycles. The fourth-order valence-corrected chi connectivity index (χ4v) is 5.36. The number of ketones is 1. The van der Waals surface area contributed by atoms with Crippen molar-refractivity contribution in [2.45, 2.75) is 6.04 Å². The number of amides is 1. The Labute approximate surface area is 189 Å². The van der Waals surface area contributed by atoms with Crippen molar-refractivity contribution >= 4 is 49.7 Å². The number of thiophene rings is 1. The number of nitrogens with zero attached hydrogens (tertiary/aromatic N) is 2. The first-order valence-corrected chi connectivity index (χ1v) is 11.2. The SMILES string of the molecule is COc1ccc([C@H]2C(C(=O)c3cccs3)=C(O)C(=O)N2c2nc3ccc(F)cc3s2)cc1. The Kier molecular flexibility index (Phi) is 4.99. The molecule has 0 saturated carbocycles. The molecule has 0 aliphatic carbocycles. The maximum absolute atomic E-state index is 13.7. The minimum atomic E-state index is -0.895. The normalized spacial score (nSPS) is 16.2. The minimum Gasteiger partial charge on any atom is -0.503 e. The summed E-state index contributed by atoms with van der Waals surface area (Å²) in [4.78, 5) is 32.6. The van der Waals surface area contributed by atoms with E-state index in [1.165, 1.54) is 41.5 Å². The first-order valence-electron chi connectivity index (χ1n) is 9.53. The molecular formula is C23H15FN2O4S2. The molecule has 0 fully saturated rings. The van der Waals surface area contributed by atoms with Gasteiger partial charge in [-0.2, -0.15) is 0 Å². The van der Waals surface area contributed by atoms with E-state index in [1.807, 2.05) is 0 Å². The number of carbonyl (C=O) groups is 2. The topological polar surface area (TPSA) is 79.7 Å². The Morgan fingerprint density at radius 1 is 1.19 bits per heavy atom. The van der Waals surface area contributed by atoms with Crippen molar-refractivity contribution < 1.29 is 23.8 Å². The zero-order valence-electron chi connectivity index (χ0n) is 16.6. The number of anilines is 1. The molecule has 0 radical (unpaired) electrons. The minimum absolute atomic E-state index is 0.0203. The van der Waals surface area contributed by atoms with Crippen LogP contribution in [0, 0.1) is 5.82 Å². The van der Waals surface area contributed by atoms with Gasteiger partial charge in [-0.05, 0) is 47.3 Å². The number of hydrogen-bond donors (Lipinski definition) is 1. The van der Waals surface area contributed by atoms with Gasteiger partial charge in [-0.3, -0.25) is 14.5 Å². The zero-order chi connectivity index (χ0) is 22.4. The smallest absolute Gasteiger partial charge is 0.296 e. The highest BCUT2D eigenvalue weighted by molar-refractivity contribution is 7.22. The second kappa shape index (κ2) is 7.85. The summed E-state index contributed by atoms with van der Waals surface area (Å²) in [5.41, 5.74) is 1.10. The number of aliphatic hydroxyl groups is 1. The standard InChI is InChI=1S/C23H15FN2O4S2/c1-30-14-7-4-12(5-8-14)19-18(20(27)16-3-2-10-31-16)21(28)22(29)26(19)23-25-15-9-6-13(24)11-17(15)32-23/h2-11,19,28H,1H3/t19-/m0/s1. The van der Waals surface area contributed by atoms with Gasteiger partial charge in [0.15, 0.2) is 10.9 Å². The molecule has 0 spiro atoms. The van der Waals surface area contributed by atoms with Crippen molar-refractivity contribution in [3.63, 3.8) is 0 Å². The second-order valence-corrected chi connectivity index (χ2v) is 8.98. The zero-order valence-corrected chi connectivity index (χ0v) is 18.2. The number of aromatic nitrogens is 1. The van der Waals surface area contributed by atoms with E-state index in [4.69, 9.17) is 4.74 Å². The van der Waals surface area contributed by atoms with Gasteiger partial charge in [-0.15, -0.1) is 11.3 Å². The fraction of sp³-hybridized carbons (Fsp3) is 0.0870. The van der Waals surface area contributed by atoms with Gasteiger partial charge >= 0.3 is 0 Å². The highest BCUT2D eigenvalue weighted by atomic mass is 32.1. The van der Waals surface area contributed by atoms with Crippen LogP contribution >= 0.6 is 22.7 Å². The number of methoxy groups -OCH3 is 1. The van der Waals surface area contributed by atoms with Gasteiger partial charge in [0.05, 0.1) is 33.8 Å². The first kappa shape index (κ1) is 20.3. The highest BCUT2D eigenvalue weighted by Gasteiger charge is 2.46. The number of Topliss-reactive ketones (excluding diaryl/α,β-unsaturated/α-hetero) is 1. The fourth-order valence-electron chi connectivity index (χ4n) is 3.67. The lowest BCUT2D eigenvalue weighted by molar-refractivity contribution is -0.117. The van der Waals surface area contributed by atoms with E-state index in [-0.39, 0.29) is 10.7 Å². The summed E-state index contributed by atoms with van der Waals surface area (Å²) in [6.07, 6.45) is 0. The second-order valence-electron chi connectivity index (χ2n) is 7.03. The molecule has 32 heavy (non-hydrogen) atoms. The van der Waals surface area contributed by atoms with Crippen LogP contribution in [0.1, 0.15) is 21.3 Å². The number of thiazole rings is 1. The van der Waals surface area contributed by atoms with Crippen LogP contribution < -0.4 is 9.64 Å². The Morgan fingerprint density at radius 2 is 1.97 bits per heavy atom. The highest BCUT2D eigenvalue weighted by Crippen LogP contribution is 2.44. The quantitative estimate of drug-likeness (QED) is 0.405. The molecule has 2 aromatic heterocycles. The van der Waals surface area contributed by atoms with Crippen molar-refractivity contribution in [3.05, 3.63) is 87.6 Å². The molecule has 9 heteroatoms. The molecule has 1 aliphatic heterocycles. The summed E-state index contributed by atoms with van der Waals surface area (Å²) in [7, 11) is 1.54. The lowest BCUT2D eigenvalue weighted by Gasteiger charge is -2.24. The molecular weight excluding hydrogens is 451 g/mol. The lowest BCUT2D eigenvalue weighted by atomic mass is 9.95. The van der Waals surface area contributed by atoms with E-state index in [9.17, 15) is 19.1 Å². The van der Waals surface area contributed by atoms with Crippen LogP contribution in [0.25, 0.3) is 10.2 Å². The van der Waals surface area contributed by atoms with Crippen molar-refractivity contribution in [2.24, 2.45) is 0 Å². The molecule has 0 bridgehead atoms. The van der Waals surface area contributed by atoms with Crippen molar-refractivity contribution in [3.8, 4) is 5.75 Å². The van der Waals surface area contributed by atoms with Crippen molar-refractivity contribution in [1.29, 1.82) is 0 Å². The number of ether oxygens (including phenoxy) is 1. The number of hydrogen-bond acceptors (Lipinski definition) is 7. The molecule has 1 atom stereocenters. The average molecular weight is 467 g/mol. The third-order valence-corrected chi connectivity index (χ3v) is 7.06. The van der Waals surface area contributed by atoms with Crippen molar-refractivity contribution in [1.82, 2.24) is 4.98 Å². The molecule has 5 rings (SSSR count). The van der Waals surface area contributed by atoms with Gasteiger partial charge in [0.1, 0.15) is 11.6 Å². The van der Waals surface area contributed by atoms with Gasteiger partial charge in [0.25, 0.3) is 5.91 Å². The van der Waals surface area contributed by atoms with E-state index < -0.39 is 29.3 Å². The van der Waals surface area contributed by atoms with Gasteiger partial charge in [-0.25, -0.2) is 9.37 Å². The number of rotatable bonds is 5. The monoisotopic (exact) mass is 466 g/mol. The number of halogens is 1. The molecule has 4 aromatic rings. The molecule has 3 heterocycles. The molecule has 1 aliphatic rings. The van der Waals surface area contributed by atoms with Crippen LogP contribution in [0.4, 0.5) is 9.52 Å². The maximum atomic E-state index is 13.7. The van der Waals surface area contributed by atoms with Crippen molar-refractivity contribution in [2.75, 3.05) is 12.0 Å². The summed E-state index contributed by atoms with van der Waals surface area (Å²) in [6, 6.07) is 13.5. The van der Waals surface area contributed by atoms with Crippen LogP contribution in [0.15, 0.2) is 71.3 Å². The Balaban J connectivity index is 1.67. The number of aliphatic hydroxyl groups excluding tert-OH is 1. The summed E-state index contributed by atoms with van der Waals surface area (Å²) < 4.78 is 19.5. The largest absolute Gasteiger partial charge is 0.503 e. The molecule has 6 nitrogen and oxygen atoms in total. The van der Waals surface area contributed by atoms with Crippen LogP contribution in [-0.4, -0.2) is 28.9 Å². The molecule has 0 saturated heterocycles. The maximum Gasteiger partial charge on any atom is 0.296 e. The number of carbonyl (C=O) groups excluding carboxylic acids is 2. The van der Waals surface area contributed by atoms with E-state index in [0.29, 0.717) is 26.4 Å². The molecule has 0 unspecified atom stereocenters. The lowest BCUT2D eigenvalue weighted by Crippen LogP contribution is -2.30. The molecule has 1 amide bonds. The van der Waals surface area contributed by atoms with Crippen LogP contribution in [0.5, 0.6) is 5.75 Å². The number of fused-ring (bicyclic) bond motifs is 1. The van der Waals surface area contributed by atoms with Gasteiger partial charge in [0, 0.05) is 0 Å². The van der Waals surface area contributed by atoms with E-state index >= 15 is 0 Å². The summed E-state index contributed by atoms with van der Waals surface area (Å²) >= 11 is 2.34. The van der Waals surface area contributed by atoms with Crippen LogP contribution in [-0.2, 0) is 4.79 Å². The average Bonchev–Trinajstić information content (AvgIpc) is 3.52. The van der Waals surface area contributed by atoms with E-state index in [2.05, 4.69) is 4.98 Å². The van der Waals surface area contributed by atoms with Crippen LogP contribution in [0.2, 0.25) is 0 Å². The Hall–Kier alpha value is -3.56. The van der Waals surface area contributed by atoms with Gasteiger partial charge < -0.3 is 9.84 Å². The number of benzene rings is 2. The van der Waals surface area contributed by atoms with E-state index in [0.717, 1.165) is 11.3 Å². The first-order chi connectivity index (χ1) is 15.5. The van der Waals surface area contributed by atoms with Gasteiger partial charge in [0.2, 0.25) is 5.78 Å². The summed E-state index contributed by atoms with van der Waals surface area (Å²) in [5.74, 6) is -1.58. The van der Waals surface area contributed by atoms with Gasteiger partial charge in [-0.1, -0.05) is 29.5 Å². The molecule has 1 N–H and O–H groups in total. The van der Waals surface area contributed by atoms with Crippen LogP contribution in [0.3, 0.4) is 0 Å². The Bertz CT molecular complexity index is 1380. The third-order valence-electron chi connectivity index (χ3n) is 5.17. The summed E-state index contributed by atoms with van der Waals surface area (Å²) in [5, 5.41) is 12.8. The predicted molar refractivity (Wildman–Crippen MR) is 121 cm³/mol.